The van der Waals surface area contributed by atoms with Gasteiger partial charge in [-0.1, -0.05) is 39.3 Å². The van der Waals surface area contributed by atoms with Gasteiger partial charge in [-0.3, -0.25) is 4.79 Å². The van der Waals surface area contributed by atoms with Crippen LogP contribution in [0.1, 0.15) is 73.1 Å². The van der Waals surface area contributed by atoms with E-state index in [-0.39, 0.29) is 23.5 Å². The average Bonchev–Trinajstić information content (AvgIpc) is 2.83. The molecule has 2 saturated carbocycles. The summed E-state index contributed by atoms with van der Waals surface area (Å²) in [6.45, 7) is 9.58. The summed E-state index contributed by atoms with van der Waals surface area (Å²) >= 11 is 0. The maximum atomic E-state index is 12.1. The zero-order chi connectivity index (χ0) is 27.3. The molecule has 37 heavy (non-hydrogen) atoms. The Balaban J connectivity index is 1.53. The van der Waals surface area contributed by atoms with Crippen molar-refractivity contribution in [3.05, 3.63) is 11.6 Å². The Hall–Kier alpha value is -1.07. The van der Waals surface area contributed by atoms with E-state index in [1.807, 2.05) is 0 Å². The summed E-state index contributed by atoms with van der Waals surface area (Å²) in [6.07, 6.45) is -0.0588. The molecule has 3 aliphatic carbocycles. The van der Waals surface area contributed by atoms with Gasteiger partial charge in [0.2, 0.25) is 0 Å². The van der Waals surface area contributed by atoms with E-state index in [4.69, 9.17) is 14.2 Å². The summed E-state index contributed by atoms with van der Waals surface area (Å²) in [5, 5.41) is 50.7. The standard InChI is InChI=1S/C28H46O9/c1-15(30)36-21(14-35-25-24(34)23(33)22(32)18(13-29)37-25)27(4)10-8-17-16(12-27)6-7-19-26(2,3)20(31)9-11-28(17,19)5/h12,17-25,29,31-34H,6-11,13-14H2,1-5H3/t17-,18-,19-,20+,21+,22+,23+,24-,25-,27+,28+/m0/s1. The Morgan fingerprint density at radius 1 is 1.05 bits per heavy atom. The van der Waals surface area contributed by atoms with E-state index in [1.54, 1.807) is 0 Å². The fourth-order valence-corrected chi connectivity index (χ4v) is 7.94. The molecular weight excluding hydrogens is 480 g/mol. The van der Waals surface area contributed by atoms with Crippen LogP contribution in [0.3, 0.4) is 0 Å². The molecule has 9 nitrogen and oxygen atoms in total. The summed E-state index contributed by atoms with van der Waals surface area (Å²) in [5.41, 5.74) is 0.861. The maximum absolute atomic E-state index is 12.1. The normalized spacial score (nSPS) is 46.3. The molecule has 212 valence electrons. The molecule has 4 rings (SSSR count). The van der Waals surface area contributed by atoms with Gasteiger partial charge in [-0.2, -0.15) is 0 Å². The molecule has 0 aromatic carbocycles. The van der Waals surface area contributed by atoms with E-state index < -0.39 is 54.8 Å². The zero-order valence-electron chi connectivity index (χ0n) is 22.8. The van der Waals surface area contributed by atoms with Crippen LogP contribution in [0.4, 0.5) is 0 Å². The van der Waals surface area contributed by atoms with Crippen molar-refractivity contribution in [2.75, 3.05) is 13.2 Å². The average molecular weight is 527 g/mol. The lowest BCUT2D eigenvalue weighted by Crippen LogP contribution is -2.59. The molecule has 0 bridgehead atoms. The molecule has 9 heteroatoms. The van der Waals surface area contributed by atoms with Crippen molar-refractivity contribution in [1.82, 2.24) is 0 Å². The number of carbonyl (C=O) groups excluding carboxylic acids is 1. The molecular formula is C28H46O9. The zero-order valence-corrected chi connectivity index (χ0v) is 22.8. The summed E-state index contributed by atoms with van der Waals surface area (Å²) in [5.74, 6) is 0.410. The van der Waals surface area contributed by atoms with Gasteiger partial charge in [0.25, 0.3) is 0 Å². The first-order valence-corrected chi connectivity index (χ1v) is 13.7. The van der Waals surface area contributed by atoms with Crippen LogP contribution in [0, 0.1) is 28.1 Å². The highest BCUT2D eigenvalue weighted by molar-refractivity contribution is 5.66. The molecule has 1 saturated heterocycles. The van der Waals surface area contributed by atoms with E-state index in [1.165, 1.54) is 12.5 Å². The first-order valence-electron chi connectivity index (χ1n) is 13.7. The monoisotopic (exact) mass is 526 g/mol. The van der Waals surface area contributed by atoms with Crippen LogP contribution in [0.5, 0.6) is 0 Å². The Morgan fingerprint density at radius 3 is 2.41 bits per heavy atom. The molecule has 0 aromatic heterocycles. The van der Waals surface area contributed by atoms with Gasteiger partial charge in [0.1, 0.15) is 30.5 Å². The minimum Gasteiger partial charge on any atom is -0.459 e. The SMILES string of the molecule is CC(=O)O[C@H](CO[C@H]1O[C@@H](CO)[C@@H](O)[C@@H](O)[C@@H]1O)[C@@]1(C)C=C2CC[C@H]3C(C)(C)[C@H](O)CC[C@]3(C)[C@H]2CC1. The van der Waals surface area contributed by atoms with Crippen molar-refractivity contribution in [2.45, 2.75) is 116 Å². The first-order chi connectivity index (χ1) is 17.2. The molecule has 1 heterocycles. The minimum atomic E-state index is -1.54. The fourth-order valence-electron chi connectivity index (χ4n) is 7.94. The van der Waals surface area contributed by atoms with Gasteiger partial charge in [0.05, 0.1) is 19.3 Å². The molecule has 0 amide bonds. The highest BCUT2D eigenvalue weighted by Crippen LogP contribution is 2.64. The first kappa shape index (κ1) is 28.9. The van der Waals surface area contributed by atoms with E-state index in [0.717, 1.165) is 38.5 Å². The minimum absolute atomic E-state index is 0.0771. The summed E-state index contributed by atoms with van der Waals surface area (Å²) < 4.78 is 17.0. The second-order valence-electron chi connectivity index (χ2n) is 12.9. The largest absolute Gasteiger partial charge is 0.459 e. The number of hydrogen-bond acceptors (Lipinski definition) is 9. The van der Waals surface area contributed by atoms with Crippen molar-refractivity contribution in [3.63, 3.8) is 0 Å². The predicted octanol–water partition coefficient (Wildman–Crippen LogP) is 1.67. The second kappa shape index (κ2) is 10.5. The molecule has 1 aliphatic heterocycles. The lowest BCUT2D eigenvalue weighted by Gasteiger charge is -2.61. The number of rotatable bonds is 6. The Labute approximate surface area is 219 Å². The predicted molar refractivity (Wildman–Crippen MR) is 134 cm³/mol. The molecule has 0 radical (unpaired) electrons. The van der Waals surface area contributed by atoms with Crippen molar-refractivity contribution >= 4 is 5.97 Å². The highest BCUT2D eigenvalue weighted by Gasteiger charge is 2.57. The van der Waals surface area contributed by atoms with Gasteiger partial charge in [0, 0.05) is 12.3 Å². The molecule has 4 aliphatic rings. The van der Waals surface area contributed by atoms with Crippen molar-refractivity contribution in [1.29, 1.82) is 0 Å². The van der Waals surface area contributed by atoms with Crippen molar-refractivity contribution in [3.8, 4) is 0 Å². The molecule has 5 N–H and O–H groups in total. The summed E-state index contributed by atoms with van der Waals surface area (Å²) in [7, 11) is 0. The molecule has 0 spiro atoms. The molecule has 3 fully saturated rings. The van der Waals surface area contributed by atoms with Crippen LogP contribution in [0.15, 0.2) is 11.6 Å². The number of aliphatic hydroxyl groups is 5. The van der Waals surface area contributed by atoms with Gasteiger partial charge in [-0.25, -0.2) is 0 Å². The second-order valence-corrected chi connectivity index (χ2v) is 12.9. The van der Waals surface area contributed by atoms with Crippen molar-refractivity contribution in [2.24, 2.45) is 28.1 Å². The van der Waals surface area contributed by atoms with E-state index in [9.17, 15) is 30.3 Å². The summed E-state index contributed by atoms with van der Waals surface area (Å²) in [4.78, 5) is 12.1. The highest BCUT2D eigenvalue weighted by atomic mass is 16.7. The Kier molecular flexibility index (Phi) is 8.20. The summed E-state index contributed by atoms with van der Waals surface area (Å²) in [6, 6.07) is 0. The third-order valence-corrected chi connectivity index (χ3v) is 10.3. The van der Waals surface area contributed by atoms with Gasteiger partial charge >= 0.3 is 5.97 Å². The number of hydrogen-bond donors (Lipinski definition) is 5. The van der Waals surface area contributed by atoms with E-state index >= 15 is 0 Å². The lowest BCUT2D eigenvalue weighted by atomic mass is 9.45. The number of fused-ring (bicyclic) bond motifs is 3. The number of esters is 1. The lowest BCUT2D eigenvalue weighted by molar-refractivity contribution is -0.306. The van der Waals surface area contributed by atoms with Gasteiger partial charge in [-0.15, -0.1) is 0 Å². The maximum Gasteiger partial charge on any atom is 0.303 e. The number of ether oxygens (including phenoxy) is 3. The smallest absolute Gasteiger partial charge is 0.303 e. The number of allylic oxidation sites excluding steroid dienone is 1. The molecule has 0 aromatic rings. The topological polar surface area (TPSA) is 146 Å². The van der Waals surface area contributed by atoms with Crippen LogP contribution in [0.25, 0.3) is 0 Å². The van der Waals surface area contributed by atoms with Crippen LogP contribution in [0.2, 0.25) is 0 Å². The van der Waals surface area contributed by atoms with E-state index in [2.05, 4.69) is 33.8 Å². The van der Waals surface area contributed by atoms with Crippen LogP contribution >= 0.6 is 0 Å². The third-order valence-electron chi connectivity index (χ3n) is 10.3. The Bertz CT molecular complexity index is 872. The van der Waals surface area contributed by atoms with E-state index in [0.29, 0.717) is 11.8 Å². The van der Waals surface area contributed by atoms with Crippen molar-refractivity contribution < 1.29 is 44.5 Å². The Morgan fingerprint density at radius 2 is 1.76 bits per heavy atom. The molecule has 0 unspecified atom stereocenters. The fraction of sp³-hybridized carbons (Fsp3) is 0.893. The van der Waals surface area contributed by atoms with Gasteiger partial charge < -0.3 is 39.7 Å². The van der Waals surface area contributed by atoms with Crippen LogP contribution < -0.4 is 0 Å². The quantitative estimate of drug-likeness (QED) is 0.258. The number of aliphatic hydroxyl groups excluding tert-OH is 5. The van der Waals surface area contributed by atoms with Gasteiger partial charge in [-0.05, 0) is 61.2 Å². The molecule has 11 atom stereocenters. The van der Waals surface area contributed by atoms with Crippen LogP contribution in [-0.2, 0) is 19.0 Å². The number of carbonyl (C=O) groups is 1. The van der Waals surface area contributed by atoms with Crippen LogP contribution in [-0.4, -0.2) is 87.6 Å². The third kappa shape index (κ3) is 5.13. The van der Waals surface area contributed by atoms with Gasteiger partial charge in [0.15, 0.2) is 6.29 Å².